The normalized spacial score (nSPS) is 11.9. The number of carbonyl (C=O) groups is 1. The molecule has 1 aliphatic rings. The molecule has 0 saturated carbocycles. The maximum absolute atomic E-state index is 12.2. The fraction of sp³-hybridized carbons (Fsp3) is 0.278. The monoisotopic (exact) mass is 351 g/mol. The highest BCUT2D eigenvalue weighted by Gasteiger charge is 2.15. The number of halogens is 1. The van der Waals surface area contributed by atoms with Crippen LogP contribution in [0.25, 0.3) is 0 Å². The number of carbonyl (C=O) groups excluding carboxylic acids is 1. The van der Waals surface area contributed by atoms with Crippen molar-refractivity contribution in [2.45, 2.75) is 26.7 Å². The van der Waals surface area contributed by atoms with E-state index in [1.54, 1.807) is 0 Å². The maximum Gasteiger partial charge on any atom is 0.269 e. The van der Waals surface area contributed by atoms with Gasteiger partial charge in [0.1, 0.15) is 0 Å². The lowest BCUT2D eigenvalue weighted by molar-refractivity contribution is -0.384. The SMILES string of the molecule is C=C(C(=O)c1ccc([N+](=O)[O-])cc1)C1=CCCC=C1.CC.COCl. The molecule has 0 bridgehead atoms. The average Bonchev–Trinajstić information content (AvgIpc) is 2.63. The first-order valence-corrected chi connectivity index (χ1v) is 7.82. The van der Waals surface area contributed by atoms with Crippen LogP contribution in [0.15, 0.2) is 60.2 Å². The Labute approximate surface area is 147 Å². The molecule has 0 radical (unpaired) electrons. The quantitative estimate of drug-likeness (QED) is 0.314. The van der Waals surface area contributed by atoms with Gasteiger partial charge in [0.25, 0.3) is 5.69 Å². The van der Waals surface area contributed by atoms with Gasteiger partial charge in [-0.2, -0.15) is 0 Å². The number of non-ortho nitro benzene ring substituents is 1. The fourth-order valence-corrected chi connectivity index (χ4v) is 1.88. The highest BCUT2D eigenvalue weighted by atomic mass is 35.5. The molecule has 24 heavy (non-hydrogen) atoms. The van der Waals surface area contributed by atoms with Crippen LogP contribution in [0.2, 0.25) is 0 Å². The van der Waals surface area contributed by atoms with Gasteiger partial charge in [0.05, 0.1) is 23.9 Å². The number of hydrogen-bond donors (Lipinski definition) is 0. The molecule has 0 unspecified atom stereocenters. The van der Waals surface area contributed by atoms with Crippen LogP contribution in [0, 0.1) is 10.1 Å². The van der Waals surface area contributed by atoms with Crippen molar-refractivity contribution < 1.29 is 14.0 Å². The number of hydrogen-bond acceptors (Lipinski definition) is 4. The zero-order chi connectivity index (χ0) is 18.5. The fourth-order valence-electron chi connectivity index (χ4n) is 1.88. The molecule has 1 aromatic carbocycles. The Morgan fingerprint density at radius 2 is 1.79 bits per heavy atom. The molecule has 1 aliphatic carbocycles. The Hall–Kier alpha value is -2.24. The Kier molecular flexibility index (Phi) is 11.1. The Morgan fingerprint density at radius 1 is 1.25 bits per heavy atom. The second-order valence-corrected chi connectivity index (χ2v) is 4.71. The molecular formula is C18H22ClNO4. The van der Waals surface area contributed by atoms with Crippen LogP contribution in [0.1, 0.15) is 37.0 Å². The van der Waals surface area contributed by atoms with E-state index in [1.165, 1.54) is 31.4 Å². The van der Waals surface area contributed by atoms with Crippen molar-refractivity contribution in [2.24, 2.45) is 0 Å². The Morgan fingerprint density at radius 3 is 2.21 bits per heavy atom. The molecule has 0 saturated heterocycles. The molecule has 0 aromatic heterocycles. The highest BCUT2D eigenvalue weighted by Crippen LogP contribution is 2.21. The van der Waals surface area contributed by atoms with Gasteiger partial charge in [-0.15, -0.1) is 0 Å². The minimum Gasteiger partial charge on any atom is -0.289 e. The molecule has 1 aromatic rings. The van der Waals surface area contributed by atoms with Crippen LogP contribution in [0.4, 0.5) is 5.69 Å². The predicted molar refractivity (Wildman–Crippen MR) is 97.2 cm³/mol. The summed E-state index contributed by atoms with van der Waals surface area (Å²) < 4.78 is 3.72. The number of benzene rings is 1. The number of Topliss-reactive ketones (excluding diaryl/α,β-unsaturated/α-hetero) is 1. The molecule has 0 heterocycles. The van der Waals surface area contributed by atoms with E-state index in [4.69, 9.17) is 0 Å². The summed E-state index contributed by atoms with van der Waals surface area (Å²) in [7, 11) is 1.39. The third kappa shape index (κ3) is 6.89. The molecule has 0 aliphatic heterocycles. The van der Waals surface area contributed by atoms with Gasteiger partial charge in [0.2, 0.25) is 0 Å². The van der Waals surface area contributed by atoms with Gasteiger partial charge in [-0.1, -0.05) is 38.7 Å². The molecule has 6 heteroatoms. The van der Waals surface area contributed by atoms with E-state index in [9.17, 15) is 14.9 Å². The molecular weight excluding hydrogens is 330 g/mol. The largest absolute Gasteiger partial charge is 0.289 e. The van der Waals surface area contributed by atoms with Crippen molar-refractivity contribution in [3.63, 3.8) is 0 Å². The summed E-state index contributed by atoms with van der Waals surface area (Å²) in [6.45, 7) is 7.81. The second kappa shape index (κ2) is 12.2. The van der Waals surface area contributed by atoms with Crippen molar-refractivity contribution >= 4 is 23.3 Å². The van der Waals surface area contributed by atoms with E-state index < -0.39 is 4.92 Å². The van der Waals surface area contributed by atoms with Gasteiger partial charge < -0.3 is 0 Å². The predicted octanol–water partition coefficient (Wildman–Crippen LogP) is 5.42. The number of nitro benzene ring substituents is 1. The molecule has 0 N–H and O–H groups in total. The van der Waals surface area contributed by atoms with Gasteiger partial charge in [-0.3, -0.25) is 19.2 Å². The first-order chi connectivity index (χ1) is 11.5. The molecule has 0 spiro atoms. The lowest BCUT2D eigenvalue weighted by Gasteiger charge is -2.09. The van der Waals surface area contributed by atoms with Crippen molar-refractivity contribution in [3.05, 3.63) is 75.9 Å². The van der Waals surface area contributed by atoms with Gasteiger partial charge in [-0.25, -0.2) is 0 Å². The molecule has 0 amide bonds. The molecule has 2 rings (SSSR count). The lowest BCUT2D eigenvalue weighted by Crippen LogP contribution is -2.05. The maximum atomic E-state index is 12.2. The van der Waals surface area contributed by atoms with E-state index in [2.05, 4.69) is 22.7 Å². The van der Waals surface area contributed by atoms with E-state index in [0.717, 1.165) is 18.4 Å². The van der Waals surface area contributed by atoms with E-state index >= 15 is 0 Å². The summed E-state index contributed by atoms with van der Waals surface area (Å²) in [5.74, 6) is -0.201. The van der Waals surface area contributed by atoms with Crippen LogP contribution in [0.5, 0.6) is 0 Å². The standard InChI is InChI=1S/C15H13NO3.C2H6.CH3ClO/c1-11(12-5-3-2-4-6-12)15(17)13-7-9-14(10-8-13)16(18)19;1-2;1-3-2/h3,5-10H,1-2,4H2;1-2H3;1H3. The van der Waals surface area contributed by atoms with Gasteiger partial charge in [0.15, 0.2) is 5.78 Å². The van der Waals surface area contributed by atoms with Gasteiger partial charge in [0, 0.05) is 23.3 Å². The average molecular weight is 352 g/mol. The number of ketones is 1. The van der Waals surface area contributed by atoms with E-state index in [0.29, 0.717) is 11.1 Å². The zero-order valence-electron chi connectivity index (χ0n) is 14.1. The number of nitrogens with zero attached hydrogens (tertiary/aromatic N) is 1. The van der Waals surface area contributed by atoms with Crippen molar-refractivity contribution in [1.29, 1.82) is 0 Å². The minimum atomic E-state index is -0.491. The second-order valence-electron chi connectivity index (χ2n) is 4.41. The van der Waals surface area contributed by atoms with Crippen molar-refractivity contribution in [3.8, 4) is 0 Å². The van der Waals surface area contributed by atoms with Gasteiger partial charge in [-0.05, 0) is 30.5 Å². The Balaban J connectivity index is 0.000000952. The van der Waals surface area contributed by atoms with Crippen molar-refractivity contribution in [1.82, 2.24) is 0 Å². The zero-order valence-corrected chi connectivity index (χ0v) is 14.9. The number of rotatable bonds is 4. The molecule has 130 valence electrons. The topological polar surface area (TPSA) is 69.4 Å². The van der Waals surface area contributed by atoms with Gasteiger partial charge >= 0.3 is 0 Å². The van der Waals surface area contributed by atoms with Crippen LogP contribution in [0.3, 0.4) is 0 Å². The highest BCUT2D eigenvalue weighted by molar-refractivity contribution is 6.11. The third-order valence-corrected chi connectivity index (χ3v) is 2.96. The first kappa shape index (κ1) is 21.8. The summed E-state index contributed by atoms with van der Waals surface area (Å²) in [5.41, 5.74) is 1.63. The summed E-state index contributed by atoms with van der Waals surface area (Å²) in [6.07, 6.45) is 7.74. The third-order valence-electron chi connectivity index (χ3n) is 2.96. The number of nitro groups is 1. The summed E-state index contributed by atoms with van der Waals surface area (Å²) >= 11 is 4.50. The van der Waals surface area contributed by atoms with Crippen LogP contribution in [-0.2, 0) is 4.29 Å². The summed E-state index contributed by atoms with van der Waals surface area (Å²) in [6, 6.07) is 5.56. The first-order valence-electron chi connectivity index (χ1n) is 7.51. The smallest absolute Gasteiger partial charge is 0.269 e. The lowest BCUT2D eigenvalue weighted by atomic mass is 9.94. The molecule has 0 atom stereocenters. The van der Waals surface area contributed by atoms with Crippen LogP contribution < -0.4 is 0 Å². The van der Waals surface area contributed by atoms with Crippen LogP contribution in [-0.4, -0.2) is 17.8 Å². The minimum absolute atomic E-state index is 0.0288. The molecule has 5 nitrogen and oxygen atoms in total. The van der Waals surface area contributed by atoms with E-state index in [-0.39, 0.29) is 11.5 Å². The number of allylic oxidation sites excluding steroid dienone is 5. The van der Waals surface area contributed by atoms with E-state index in [1.807, 2.05) is 32.1 Å². The van der Waals surface area contributed by atoms with Crippen molar-refractivity contribution in [2.75, 3.05) is 7.11 Å². The summed E-state index contributed by atoms with van der Waals surface area (Å²) in [4.78, 5) is 22.2. The van der Waals surface area contributed by atoms with Crippen LogP contribution >= 0.6 is 11.9 Å². The molecule has 0 fully saturated rings. The Bertz CT molecular complexity index is 618. The summed E-state index contributed by atoms with van der Waals surface area (Å²) in [5, 5.41) is 10.5.